The lowest BCUT2D eigenvalue weighted by atomic mass is 10.1. The summed E-state index contributed by atoms with van der Waals surface area (Å²) in [4.78, 5) is 0. The molecule has 0 atom stereocenters. The summed E-state index contributed by atoms with van der Waals surface area (Å²) >= 11 is 0. The molecule has 1 aromatic heterocycles. The number of aryl methyl sites for hydroxylation is 1. The van der Waals surface area contributed by atoms with Crippen molar-refractivity contribution in [1.82, 2.24) is 15.1 Å². The molecule has 0 aliphatic rings. The van der Waals surface area contributed by atoms with Gasteiger partial charge >= 0.3 is 0 Å². The molecule has 1 heterocycles. The molecule has 0 amide bonds. The quantitative estimate of drug-likeness (QED) is 0.791. The minimum absolute atomic E-state index is 0.867. The van der Waals surface area contributed by atoms with E-state index in [1.54, 1.807) is 13.3 Å². The second kappa shape index (κ2) is 6.21. The van der Waals surface area contributed by atoms with Crippen molar-refractivity contribution in [1.29, 1.82) is 0 Å². The third-order valence-corrected chi connectivity index (χ3v) is 2.87. The molecule has 0 radical (unpaired) electrons. The lowest BCUT2D eigenvalue weighted by Gasteiger charge is -2.08. The van der Waals surface area contributed by atoms with Gasteiger partial charge in [0.1, 0.15) is 5.75 Å². The lowest BCUT2D eigenvalue weighted by Crippen LogP contribution is -2.19. The minimum Gasteiger partial charge on any atom is -0.496 e. The van der Waals surface area contributed by atoms with Crippen molar-refractivity contribution in [3.05, 3.63) is 47.8 Å². The van der Waals surface area contributed by atoms with Crippen LogP contribution < -0.4 is 10.1 Å². The molecule has 96 valence electrons. The van der Waals surface area contributed by atoms with E-state index in [-0.39, 0.29) is 0 Å². The third kappa shape index (κ3) is 3.34. The number of methoxy groups -OCH3 is 1. The smallest absolute Gasteiger partial charge is 0.121 e. The van der Waals surface area contributed by atoms with Crippen LogP contribution in [-0.4, -0.2) is 23.4 Å². The van der Waals surface area contributed by atoms with Gasteiger partial charge in [-0.3, -0.25) is 4.68 Å². The van der Waals surface area contributed by atoms with E-state index >= 15 is 0 Å². The van der Waals surface area contributed by atoms with Crippen LogP contribution in [-0.2, 0) is 13.1 Å². The van der Waals surface area contributed by atoms with E-state index in [1.807, 2.05) is 23.0 Å². The van der Waals surface area contributed by atoms with Gasteiger partial charge in [-0.1, -0.05) is 12.1 Å². The van der Waals surface area contributed by atoms with E-state index < -0.39 is 0 Å². The molecular formula is C14H19N3O. The first-order valence-electron chi connectivity index (χ1n) is 6.11. The summed E-state index contributed by atoms with van der Waals surface area (Å²) in [6, 6.07) is 8.19. The molecule has 2 aromatic rings. The highest BCUT2D eigenvalue weighted by molar-refractivity contribution is 5.36. The average Bonchev–Trinajstić information content (AvgIpc) is 2.88. The summed E-state index contributed by atoms with van der Waals surface area (Å²) in [5.41, 5.74) is 2.44. The van der Waals surface area contributed by atoms with Crippen molar-refractivity contribution in [2.24, 2.45) is 0 Å². The Bertz CT molecular complexity index is 480. The summed E-state index contributed by atoms with van der Waals surface area (Å²) < 4.78 is 7.17. The van der Waals surface area contributed by atoms with Crippen molar-refractivity contribution in [3.63, 3.8) is 0 Å². The zero-order chi connectivity index (χ0) is 12.8. The van der Waals surface area contributed by atoms with E-state index in [4.69, 9.17) is 4.74 Å². The molecule has 0 unspecified atom stereocenters. The van der Waals surface area contributed by atoms with Crippen molar-refractivity contribution < 1.29 is 4.74 Å². The van der Waals surface area contributed by atoms with Gasteiger partial charge in [0.05, 0.1) is 13.7 Å². The zero-order valence-corrected chi connectivity index (χ0v) is 10.9. The fourth-order valence-electron chi connectivity index (χ4n) is 1.91. The number of aromatic nitrogens is 2. The van der Waals surface area contributed by atoms with Crippen molar-refractivity contribution in [2.75, 3.05) is 13.7 Å². The molecule has 0 bridgehead atoms. The second-order valence-corrected chi connectivity index (χ2v) is 4.25. The first kappa shape index (κ1) is 12.6. The van der Waals surface area contributed by atoms with Crippen LogP contribution in [0.2, 0.25) is 0 Å². The van der Waals surface area contributed by atoms with Gasteiger partial charge < -0.3 is 10.1 Å². The van der Waals surface area contributed by atoms with Crippen LogP contribution in [0, 0.1) is 6.92 Å². The molecule has 0 fully saturated rings. The maximum absolute atomic E-state index is 5.24. The minimum atomic E-state index is 0.867. The standard InChI is InChI=1S/C14H19N3O/c1-12-10-13(4-5-14(12)18-2)11-15-7-9-17-8-3-6-16-17/h3-6,8,10,15H,7,9,11H2,1-2H3. The van der Waals surface area contributed by atoms with Crippen molar-refractivity contribution >= 4 is 0 Å². The second-order valence-electron chi connectivity index (χ2n) is 4.25. The number of nitrogens with one attached hydrogen (secondary N) is 1. The Morgan fingerprint density at radius 1 is 1.39 bits per heavy atom. The van der Waals surface area contributed by atoms with Crippen LogP contribution >= 0.6 is 0 Å². The van der Waals surface area contributed by atoms with Crippen LogP contribution in [0.3, 0.4) is 0 Å². The molecule has 0 spiro atoms. The monoisotopic (exact) mass is 245 g/mol. The zero-order valence-electron chi connectivity index (χ0n) is 10.9. The predicted molar refractivity (Wildman–Crippen MR) is 71.7 cm³/mol. The summed E-state index contributed by atoms with van der Waals surface area (Å²) in [5, 5.41) is 7.56. The number of nitrogens with zero attached hydrogens (tertiary/aromatic N) is 2. The molecule has 18 heavy (non-hydrogen) atoms. The van der Waals surface area contributed by atoms with Gasteiger partial charge in [0.25, 0.3) is 0 Å². The molecule has 0 saturated carbocycles. The Morgan fingerprint density at radius 2 is 2.28 bits per heavy atom. The molecule has 4 nitrogen and oxygen atoms in total. The van der Waals surface area contributed by atoms with Crippen molar-refractivity contribution in [2.45, 2.75) is 20.0 Å². The van der Waals surface area contributed by atoms with E-state index in [0.29, 0.717) is 0 Å². The van der Waals surface area contributed by atoms with Gasteiger partial charge in [0.2, 0.25) is 0 Å². The maximum atomic E-state index is 5.24. The molecular weight excluding hydrogens is 226 g/mol. The van der Waals surface area contributed by atoms with Gasteiger partial charge in [-0.25, -0.2) is 0 Å². The number of hydrogen-bond acceptors (Lipinski definition) is 3. The van der Waals surface area contributed by atoms with E-state index in [2.05, 4.69) is 29.5 Å². The third-order valence-electron chi connectivity index (χ3n) is 2.87. The SMILES string of the molecule is COc1ccc(CNCCn2cccn2)cc1C. The highest BCUT2D eigenvalue weighted by Gasteiger charge is 1.99. The Balaban J connectivity index is 1.78. The topological polar surface area (TPSA) is 39.1 Å². The van der Waals surface area contributed by atoms with Gasteiger partial charge in [-0.05, 0) is 30.2 Å². The maximum Gasteiger partial charge on any atom is 0.121 e. The first-order chi connectivity index (χ1) is 8.79. The van der Waals surface area contributed by atoms with Gasteiger partial charge in [-0.15, -0.1) is 0 Å². The largest absolute Gasteiger partial charge is 0.496 e. The Kier molecular flexibility index (Phi) is 4.36. The Morgan fingerprint density at radius 3 is 2.94 bits per heavy atom. The van der Waals surface area contributed by atoms with Crippen LogP contribution in [0.5, 0.6) is 5.75 Å². The number of hydrogen-bond donors (Lipinski definition) is 1. The van der Waals surface area contributed by atoms with E-state index in [0.717, 1.165) is 25.4 Å². The number of ether oxygens (including phenoxy) is 1. The highest BCUT2D eigenvalue weighted by atomic mass is 16.5. The average molecular weight is 245 g/mol. The Labute approximate surface area is 108 Å². The van der Waals surface area contributed by atoms with Gasteiger partial charge in [0, 0.05) is 25.5 Å². The fraction of sp³-hybridized carbons (Fsp3) is 0.357. The van der Waals surface area contributed by atoms with Crippen LogP contribution in [0.1, 0.15) is 11.1 Å². The summed E-state index contributed by atoms with van der Waals surface area (Å²) in [5.74, 6) is 0.940. The Hall–Kier alpha value is -1.81. The molecule has 4 heteroatoms. The normalized spacial score (nSPS) is 10.6. The number of rotatable bonds is 6. The van der Waals surface area contributed by atoms with Crippen molar-refractivity contribution in [3.8, 4) is 5.75 Å². The molecule has 1 aromatic carbocycles. The van der Waals surface area contributed by atoms with Crippen LogP contribution in [0.4, 0.5) is 0 Å². The molecule has 1 N–H and O–H groups in total. The van der Waals surface area contributed by atoms with E-state index in [1.165, 1.54) is 11.1 Å². The van der Waals surface area contributed by atoms with Gasteiger partial charge in [0.15, 0.2) is 0 Å². The molecule has 0 aliphatic carbocycles. The lowest BCUT2D eigenvalue weighted by molar-refractivity contribution is 0.411. The number of benzene rings is 1. The summed E-state index contributed by atoms with van der Waals surface area (Å²) in [6.45, 7) is 4.73. The first-order valence-corrected chi connectivity index (χ1v) is 6.11. The van der Waals surface area contributed by atoms with E-state index in [9.17, 15) is 0 Å². The van der Waals surface area contributed by atoms with Gasteiger partial charge in [-0.2, -0.15) is 5.10 Å². The predicted octanol–water partition coefficient (Wildman–Crippen LogP) is 1.99. The highest BCUT2D eigenvalue weighted by Crippen LogP contribution is 2.18. The molecule has 2 rings (SSSR count). The summed E-state index contributed by atoms with van der Waals surface area (Å²) in [6.07, 6.45) is 3.77. The molecule has 0 saturated heterocycles. The van der Waals surface area contributed by atoms with Crippen LogP contribution in [0.25, 0.3) is 0 Å². The van der Waals surface area contributed by atoms with Crippen LogP contribution in [0.15, 0.2) is 36.7 Å². The molecule has 0 aliphatic heterocycles. The fourth-order valence-corrected chi connectivity index (χ4v) is 1.91. The summed E-state index contributed by atoms with van der Waals surface area (Å²) in [7, 11) is 1.70.